The average Bonchev–Trinajstić information content (AvgIpc) is 2.99. The van der Waals surface area contributed by atoms with Crippen LogP contribution in [0.4, 0.5) is 5.69 Å². The third-order valence-corrected chi connectivity index (χ3v) is 9.72. The van der Waals surface area contributed by atoms with E-state index in [2.05, 4.69) is 23.3 Å². The van der Waals surface area contributed by atoms with Crippen LogP contribution in [0.25, 0.3) is 11.1 Å². The van der Waals surface area contributed by atoms with Gasteiger partial charge in [-0.15, -0.1) is 0 Å². The summed E-state index contributed by atoms with van der Waals surface area (Å²) >= 11 is 0. The van der Waals surface area contributed by atoms with Gasteiger partial charge in [-0.05, 0) is 61.3 Å². The van der Waals surface area contributed by atoms with Crippen LogP contribution in [-0.2, 0) is 35.5 Å². The smallest absolute Gasteiger partial charge is 0.305 e. The van der Waals surface area contributed by atoms with Crippen molar-refractivity contribution in [2.75, 3.05) is 26.9 Å². The standard InChI is InChI=1S/C30H39N3O8S/c1-20(2)28-19-41-17-16-32(28)30(35)23-9-11-24(12-10-23)31-42(38,39)25-13-14-26(27(18-25)33(36)37)22-7-4-21(5-8-22)6-15-29(34)40-3/h4-5,7-8,13-14,18,20,23-24,28,31H,6,9-12,15-17,19H2,1-3H3/t23?,24?,28-/m1/s1. The van der Waals surface area contributed by atoms with Crippen molar-refractivity contribution in [1.82, 2.24) is 9.62 Å². The van der Waals surface area contributed by atoms with Crippen LogP contribution in [0, 0.1) is 22.0 Å². The largest absolute Gasteiger partial charge is 0.469 e. The molecule has 42 heavy (non-hydrogen) atoms. The summed E-state index contributed by atoms with van der Waals surface area (Å²) in [6.45, 7) is 5.78. The Hall–Kier alpha value is -3.35. The van der Waals surface area contributed by atoms with Crippen LogP contribution < -0.4 is 4.72 Å². The molecule has 1 aliphatic heterocycles. The number of methoxy groups -OCH3 is 1. The lowest BCUT2D eigenvalue weighted by molar-refractivity contribution is -0.384. The second-order valence-electron chi connectivity index (χ2n) is 11.3. The average molecular weight is 602 g/mol. The number of hydrogen-bond donors (Lipinski definition) is 1. The minimum absolute atomic E-state index is 0.0470. The van der Waals surface area contributed by atoms with Crippen LogP contribution in [0.15, 0.2) is 47.4 Å². The summed E-state index contributed by atoms with van der Waals surface area (Å²) in [4.78, 5) is 37.8. The lowest BCUT2D eigenvalue weighted by Crippen LogP contribution is -2.53. The summed E-state index contributed by atoms with van der Waals surface area (Å²) in [7, 11) is -2.70. The predicted molar refractivity (Wildman–Crippen MR) is 156 cm³/mol. The fourth-order valence-corrected chi connectivity index (χ4v) is 7.03. The molecule has 2 aromatic carbocycles. The van der Waals surface area contributed by atoms with Crippen LogP contribution in [0.3, 0.4) is 0 Å². The Morgan fingerprint density at radius 3 is 2.43 bits per heavy atom. The van der Waals surface area contributed by atoms with Gasteiger partial charge >= 0.3 is 5.97 Å². The Morgan fingerprint density at radius 1 is 1.12 bits per heavy atom. The van der Waals surface area contributed by atoms with Gasteiger partial charge < -0.3 is 14.4 Å². The van der Waals surface area contributed by atoms with Crippen LogP contribution in [-0.4, -0.2) is 69.1 Å². The molecule has 0 aromatic heterocycles. The molecule has 2 aromatic rings. The normalized spacial score (nSPS) is 21.2. The third kappa shape index (κ3) is 7.53. The number of nitro groups is 1. The number of carbonyl (C=O) groups excluding carboxylic acids is 2. The van der Waals surface area contributed by atoms with Crippen molar-refractivity contribution in [3.05, 3.63) is 58.1 Å². The zero-order chi connectivity index (χ0) is 30.4. The first-order valence-electron chi connectivity index (χ1n) is 14.3. The number of rotatable bonds is 10. The number of nitrogens with zero attached hydrogens (tertiary/aromatic N) is 2. The summed E-state index contributed by atoms with van der Waals surface area (Å²) in [5.74, 6) is -0.0852. The molecular formula is C30H39N3O8S. The zero-order valence-corrected chi connectivity index (χ0v) is 25.1. The highest BCUT2D eigenvalue weighted by Gasteiger charge is 2.36. The minimum Gasteiger partial charge on any atom is -0.469 e. The number of sulfonamides is 1. The first-order chi connectivity index (χ1) is 20.0. The highest BCUT2D eigenvalue weighted by Crippen LogP contribution is 2.34. The molecule has 1 amide bonds. The SMILES string of the molecule is COC(=O)CCc1ccc(-c2ccc(S(=O)(=O)NC3CCC(C(=O)N4CCOC[C@@H]4C(C)C)CC3)cc2[N+](=O)[O-])cc1. The first kappa shape index (κ1) is 31.6. The summed E-state index contributed by atoms with van der Waals surface area (Å²) in [5, 5.41) is 11.9. The van der Waals surface area contributed by atoms with E-state index >= 15 is 0 Å². The molecular weight excluding hydrogens is 562 g/mol. The van der Waals surface area contributed by atoms with E-state index in [1.165, 1.54) is 19.2 Å². The van der Waals surface area contributed by atoms with Crippen LogP contribution >= 0.6 is 0 Å². The van der Waals surface area contributed by atoms with Gasteiger partial charge in [0.2, 0.25) is 15.9 Å². The molecule has 11 nitrogen and oxygen atoms in total. The lowest BCUT2D eigenvalue weighted by Gasteiger charge is -2.41. The number of esters is 1. The molecule has 2 fully saturated rings. The fraction of sp³-hybridized carbons (Fsp3) is 0.533. The maximum Gasteiger partial charge on any atom is 0.305 e. The number of aryl methyl sites for hydroxylation is 1. The maximum absolute atomic E-state index is 13.3. The number of morpholine rings is 1. The number of benzene rings is 2. The molecule has 0 radical (unpaired) electrons. The summed E-state index contributed by atoms with van der Waals surface area (Å²) in [6, 6.07) is 10.6. The molecule has 1 aliphatic carbocycles. The molecule has 1 saturated heterocycles. The predicted octanol–water partition coefficient (Wildman–Crippen LogP) is 4.09. The number of amides is 1. The first-order valence-corrected chi connectivity index (χ1v) is 15.8. The van der Waals surface area contributed by atoms with Gasteiger partial charge in [-0.1, -0.05) is 38.1 Å². The van der Waals surface area contributed by atoms with Gasteiger partial charge in [-0.2, -0.15) is 0 Å². The lowest BCUT2D eigenvalue weighted by atomic mass is 9.85. The molecule has 1 N–H and O–H groups in total. The van der Waals surface area contributed by atoms with Crippen LogP contribution in [0.2, 0.25) is 0 Å². The van der Waals surface area contributed by atoms with Crippen molar-refractivity contribution in [3.8, 4) is 11.1 Å². The molecule has 12 heteroatoms. The van der Waals surface area contributed by atoms with Gasteiger partial charge in [0.1, 0.15) is 0 Å². The van der Waals surface area contributed by atoms with Crippen molar-refractivity contribution in [2.45, 2.75) is 69.4 Å². The summed E-state index contributed by atoms with van der Waals surface area (Å²) in [5.41, 5.74) is 1.40. The van der Waals surface area contributed by atoms with Gasteiger partial charge in [0.15, 0.2) is 0 Å². The number of ether oxygens (including phenoxy) is 2. The van der Waals surface area contributed by atoms with Crippen molar-refractivity contribution < 1.29 is 32.4 Å². The second kappa shape index (κ2) is 13.7. The molecule has 0 unspecified atom stereocenters. The van der Waals surface area contributed by atoms with Gasteiger partial charge in [-0.3, -0.25) is 19.7 Å². The summed E-state index contributed by atoms with van der Waals surface area (Å²) in [6.07, 6.45) is 2.86. The van der Waals surface area contributed by atoms with Crippen LogP contribution in [0.5, 0.6) is 0 Å². The number of carbonyl (C=O) groups is 2. The fourth-order valence-electron chi connectivity index (χ4n) is 5.70. The van der Waals surface area contributed by atoms with Gasteiger partial charge in [0.25, 0.3) is 5.69 Å². The Morgan fingerprint density at radius 2 is 1.81 bits per heavy atom. The third-order valence-electron chi connectivity index (χ3n) is 8.20. The molecule has 2 aliphatic rings. The summed E-state index contributed by atoms with van der Waals surface area (Å²) < 4.78 is 39.4. The van der Waals surface area contributed by atoms with Crippen molar-refractivity contribution >= 4 is 27.6 Å². The molecule has 228 valence electrons. The molecule has 1 atom stereocenters. The number of nitrogens with one attached hydrogen (secondary N) is 1. The zero-order valence-electron chi connectivity index (χ0n) is 24.3. The molecule has 0 spiro atoms. The Labute approximate surface area is 246 Å². The van der Waals surface area contributed by atoms with Gasteiger partial charge in [0.05, 0.1) is 41.7 Å². The monoisotopic (exact) mass is 601 g/mol. The quantitative estimate of drug-likeness (QED) is 0.244. The number of hydrogen-bond acceptors (Lipinski definition) is 8. The Bertz CT molecular complexity index is 1390. The molecule has 1 heterocycles. The van der Waals surface area contributed by atoms with E-state index in [1.807, 2.05) is 4.90 Å². The van der Waals surface area contributed by atoms with E-state index in [0.29, 0.717) is 63.0 Å². The van der Waals surface area contributed by atoms with E-state index < -0.39 is 14.9 Å². The molecule has 1 saturated carbocycles. The van der Waals surface area contributed by atoms with E-state index in [1.54, 1.807) is 24.3 Å². The Kier molecular flexibility index (Phi) is 10.3. The minimum atomic E-state index is -4.03. The van der Waals surface area contributed by atoms with E-state index in [9.17, 15) is 28.1 Å². The van der Waals surface area contributed by atoms with Crippen molar-refractivity contribution in [2.24, 2.45) is 11.8 Å². The highest BCUT2D eigenvalue weighted by atomic mass is 32.2. The van der Waals surface area contributed by atoms with Gasteiger partial charge in [-0.25, -0.2) is 13.1 Å². The second-order valence-corrected chi connectivity index (χ2v) is 13.0. The van der Waals surface area contributed by atoms with Crippen molar-refractivity contribution in [1.29, 1.82) is 0 Å². The van der Waals surface area contributed by atoms with E-state index in [-0.39, 0.29) is 52.8 Å². The van der Waals surface area contributed by atoms with E-state index in [0.717, 1.165) is 11.6 Å². The maximum atomic E-state index is 13.3. The van der Waals surface area contributed by atoms with Crippen LogP contribution in [0.1, 0.15) is 51.5 Å². The van der Waals surface area contributed by atoms with Gasteiger partial charge in [0, 0.05) is 31.0 Å². The van der Waals surface area contributed by atoms with Crippen molar-refractivity contribution in [3.63, 3.8) is 0 Å². The molecule has 0 bridgehead atoms. The molecule has 4 rings (SSSR count). The van der Waals surface area contributed by atoms with E-state index in [4.69, 9.17) is 4.74 Å². The highest BCUT2D eigenvalue weighted by molar-refractivity contribution is 7.89. The topological polar surface area (TPSA) is 145 Å². The number of nitro benzene ring substituents is 1. The Balaban J connectivity index is 1.41.